The summed E-state index contributed by atoms with van der Waals surface area (Å²) >= 11 is 0. The molecule has 2 N–H and O–H groups in total. The summed E-state index contributed by atoms with van der Waals surface area (Å²) in [6, 6.07) is -1.22. The first-order chi connectivity index (χ1) is 13.2. The minimum absolute atomic E-state index is 0.185. The van der Waals surface area contributed by atoms with E-state index in [1.807, 2.05) is 0 Å². The average Bonchev–Trinajstić information content (AvgIpc) is 2.56. The summed E-state index contributed by atoms with van der Waals surface area (Å²) in [7, 11) is 1.24. The predicted molar refractivity (Wildman–Crippen MR) is 104 cm³/mol. The molecule has 10 heteroatoms. The van der Waals surface area contributed by atoms with Crippen molar-refractivity contribution in [3.63, 3.8) is 0 Å². The molecule has 1 saturated heterocycles. The normalized spacial score (nSPS) is 19.8. The molecule has 2 atom stereocenters. The van der Waals surface area contributed by atoms with E-state index in [1.165, 1.54) is 12.0 Å². The van der Waals surface area contributed by atoms with E-state index in [0.717, 1.165) is 0 Å². The number of piperidine rings is 1. The van der Waals surface area contributed by atoms with Crippen molar-refractivity contribution in [2.75, 3.05) is 20.2 Å². The number of nitrogens with zero attached hydrogens (tertiary/aromatic N) is 1. The number of alkyl carbamates (subject to hydrolysis) is 1. The van der Waals surface area contributed by atoms with Gasteiger partial charge >= 0.3 is 18.2 Å². The number of amides is 3. The van der Waals surface area contributed by atoms with Crippen LogP contribution in [0.3, 0.4) is 0 Å². The molecule has 29 heavy (non-hydrogen) atoms. The van der Waals surface area contributed by atoms with Crippen molar-refractivity contribution in [3.8, 4) is 0 Å². The van der Waals surface area contributed by atoms with Crippen LogP contribution in [0.15, 0.2) is 0 Å². The Hall–Kier alpha value is -2.52. The zero-order valence-corrected chi connectivity index (χ0v) is 18.3. The lowest BCUT2D eigenvalue weighted by molar-refractivity contribution is -0.148. The Morgan fingerprint density at radius 3 is 2.10 bits per heavy atom. The number of carbonyl (C=O) groups excluding carboxylic acids is 4. The molecule has 0 aromatic carbocycles. The molecule has 10 nitrogen and oxygen atoms in total. The van der Waals surface area contributed by atoms with E-state index < -0.39 is 41.3 Å². The van der Waals surface area contributed by atoms with E-state index in [9.17, 15) is 19.2 Å². The van der Waals surface area contributed by atoms with E-state index >= 15 is 0 Å². The SMILES string of the molecule is COC(=O)C1CC(NC(=O)CNC(=O)OC(C)(C)C)CCN1C(=O)OC(C)(C)C. The van der Waals surface area contributed by atoms with Crippen LogP contribution in [-0.4, -0.2) is 72.4 Å². The molecular formula is C19H33N3O7. The minimum Gasteiger partial charge on any atom is -0.467 e. The lowest BCUT2D eigenvalue weighted by atomic mass is 9.97. The lowest BCUT2D eigenvalue weighted by Gasteiger charge is -2.38. The van der Waals surface area contributed by atoms with Crippen LogP contribution < -0.4 is 10.6 Å². The summed E-state index contributed by atoms with van der Waals surface area (Å²) in [5.74, 6) is -1.00. The molecule has 1 aliphatic rings. The van der Waals surface area contributed by atoms with Crippen LogP contribution >= 0.6 is 0 Å². The number of carbonyl (C=O) groups is 4. The van der Waals surface area contributed by atoms with E-state index in [4.69, 9.17) is 14.2 Å². The fourth-order valence-electron chi connectivity index (χ4n) is 2.74. The number of esters is 1. The molecule has 166 valence electrons. The van der Waals surface area contributed by atoms with Crippen LogP contribution in [0.2, 0.25) is 0 Å². The van der Waals surface area contributed by atoms with Crippen molar-refractivity contribution in [3.05, 3.63) is 0 Å². The van der Waals surface area contributed by atoms with Crippen molar-refractivity contribution >= 4 is 24.1 Å². The molecule has 2 unspecified atom stereocenters. The first kappa shape index (κ1) is 24.5. The quantitative estimate of drug-likeness (QED) is 0.528. The van der Waals surface area contributed by atoms with Crippen LogP contribution in [0, 0.1) is 0 Å². The molecular weight excluding hydrogens is 382 g/mol. The van der Waals surface area contributed by atoms with Crippen LogP contribution in [0.1, 0.15) is 54.4 Å². The van der Waals surface area contributed by atoms with Gasteiger partial charge in [-0.3, -0.25) is 9.69 Å². The molecule has 0 aromatic rings. The maximum atomic E-state index is 12.4. The van der Waals surface area contributed by atoms with Gasteiger partial charge in [0.15, 0.2) is 0 Å². The lowest BCUT2D eigenvalue weighted by Crippen LogP contribution is -2.56. The highest BCUT2D eigenvalue weighted by Gasteiger charge is 2.39. The third-order valence-corrected chi connectivity index (χ3v) is 3.86. The van der Waals surface area contributed by atoms with E-state index in [1.54, 1.807) is 41.5 Å². The molecule has 0 aromatic heterocycles. The molecule has 1 rings (SSSR count). The molecule has 0 bridgehead atoms. The number of nitrogens with one attached hydrogen (secondary N) is 2. The fourth-order valence-corrected chi connectivity index (χ4v) is 2.74. The standard InChI is InChI=1S/C19H33N3O7/c1-18(2,3)28-16(25)20-11-14(23)21-12-8-9-22(13(10-12)15(24)27-7)17(26)29-19(4,5)6/h12-13H,8-11H2,1-7H3,(H,20,25)(H,21,23). The second-order valence-corrected chi connectivity index (χ2v) is 8.86. The molecule has 0 saturated carbocycles. The van der Waals surface area contributed by atoms with Gasteiger partial charge < -0.3 is 24.8 Å². The number of methoxy groups -OCH3 is 1. The first-order valence-corrected chi connectivity index (χ1v) is 9.55. The molecule has 0 spiro atoms. The highest BCUT2D eigenvalue weighted by molar-refractivity contribution is 5.84. The zero-order chi connectivity index (χ0) is 22.4. The van der Waals surface area contributed by atoms with Gasteiger partial charge in [0.25, 0.3) is 0 Å². The van der Waals surface area contributed by atoms with Gasteiger partial charge in [0.2, 0.25) is 5.91 Å². The monoisotopic (exact) mass is 415 g/mol. The van der Waals surface area contributed by atoms with Gasteiger partial charge in [-0.25, -0.2) is 14.4 Å². The van der Waals surface area contributed by atoms with Gasteiger partial charge in [-0.1, -0.05) is 0 Å². The Balaban J connectivity index is 2.64. The third-order valence-electron chi connectivity index (χ3n) is 3.86. The van der Waals surface area contributed by atoms with E-state index in [2.05, 4.69) is 10.6 Å². The maximum absolute atomic E-state index is 12.4. The van der Waals surface area contributed by atoms with Crippen molar-refractivity contribution in [1.29, 1.82) is 0 Å². The first-order valence-electron chi connectivity index (χ1n) is 9.55. The molecule has 1 fully saturated rings. The summed E-state index contributed by atoms with van der Waals surface area (Å²) in [4.78, 5) is 49.7. The number of ether oxygens (including phenoxy) is 3. The Morgan fingerprint density at radius 1 is 1.00 bits per heavy atom. The summed E-state index contributed by atoms with van der Waals surface area (Å²) in [5, 5.41) is 5.14. The fraction of sp³-hybridized carbons (Fsp3) is 0.789. The van der Waals surface area contributed by atoms with Crippen molar-refractivity contribution in [2.24, 2.45) is 0 Å². The highest BCUT2D eigenvalue weighted by Crippen LogP contribution is 2.22. The second kappa shape index (κ2) is 9.80. The Labute approximate surface area is 171 Å². The van der Waals surface area contributed by atoms with Crippen molar-refractivity contribution in [1.82, 2.24) is 15.5 Å². The number of hydrogen-bond donors (Lipinski definition) is 2. The number of likely N-dealkylation sites (tertiary alicyclic amines) is 1. The third kappa shape index (κ3) is 9.01. The highest BCUT2D eigenvalue weighted by atomic mass is 16.6. The molecule has 1 aliphatic heterocycles. The number of rotatable bonds is 4. The van der Waals surface area contributed by atoms with E-state index in [0.29, 0.717) is 6.42 Å². The van der Waals surface area contributed by atoms with Crippen LogP contribution in [0.25, 0.3) is 0 Å². The van der Waals surface area contributed by atoms with Crippen LogP contribution in [0.4, 0.5) is 9.59 Å². The molecule has 1 heterocycles. The summed E-state index contributed by atoms with van der Waals surface area (Å²) in [6.07, 6.45) is -0.682. The Morgan fingerprint density at radius 2 is 1.59 bits per heavy atom. The van der Waals surface area contributed by atoms with Crippen LogP contribution in [-0.2, 0) is 23.8 Å². The summed E-state index contributed by atoms with van der Waals surface area (Å²) < 4.78 is 15.2. The van der Waals surface area contributed by atoms with Gasteiger partial charge in [-0.2, -0.15) is 0 Å². The molecule has 0 aliphatic carbocycles. The van der Waals surface area contributed by atoms with Gasteiger partial charge in [-0.05, 0) is 54.4 Å². The summed E-state index contributed by atoms with van der Waals surface area (Å²) in [5.41, 5.74) is -1.36. The van der Waals surface area contributed by atoms with Gasteiger partial charge in [0.1, 0.15) is 23.8 Å². The molecule has 0 radical (unpaired) electrons. The van der Waals surface area contributed by atoms with Gasteiger partial charge in [0.05, 0.1) is 7.11 Å². The largest absolute Gasteiger partial charge is 0.467 e. The van der Waals surface area contributed by atoms with Gasteiger partial charge in [0, 0.05) is 12.6 Å². The Kier molecular flexibility index (Phi) is 8.28. The van der Waals surface area contributed by atoms with E-state index in [-0.39, 0.29) is 25.6 Å². The smallest absolute Gasteiger partial charge is 0.411 e. The zero-order valence-electron chi connectivity index (χ0n) is 18.3. The minimum atomic E-state index is -0.868. The van der Waals surface area contributed by atoms with Crippen molar-refractivity contribution in [2.45, 2.75) is 77.7 Å². The molecule has 3 amide bonds. The summed E-state index contributed by atoms with van der Waals surface area (Å²) in [6.45, 7) is 10.3. The van der Waals surface area contributed by atoms with Crippen LogP contribution in [0.5, 0.6) is 0 Å². The maximum Gasteiger partial charge on any atom is 0.411 e. The average molecular weight is 415 g/mol. The topological polar surface area (TPSA) is 123 Å². The number of hydrogen-bond acceptors (Lipinski definition) is 7. The Bertz CT molecular complexity index is 622. The van der Waals surface area contributed by atoms with Gasteiger partial charge in [-0.15, -0.1) is 0 Å². The van der Waals surface area contributed by atoms with Crippen molar-refractivity contribution < 1.29 is 33.4 Å². The second-order valence-electron chi connectivity index (χ2n) is 8.86. The predicted octanol–water partition coefficient (Wildman–Crippen LogP) is 1.57.